The highest BCUT2D eigenvalue weighted by Gasteiger charge is 2.08. The third kappa shape index (κ3) is 3.94. The number of ether oxygens (including phenoxy) is 1. The lowest BCUT2D eigenvalue weighted by Gasteiger charge is -2.09. The first-order valence-corrected chi connectivity index (χ1v) is 6.68. The van der Waals surface area contributed by atoms with Crippen LogP contribution in [-0.4, -0.2) is 22.7 Å². The molecule has 0 aliphatic heterocycles. The predicted molar refractivity (Wildman–Crippen MR) is 68.0 cm³/mol. The highest BCUT2D eigenvalue weighted by Crippen LogP contribution is 2.17. The number of nitrogen functional groups attached to an aromatic ring is 1. The Labute approximate surface area is 99.4 Å². The Morgan fingerprint density at radius 2 is 2.12 bits per heavy atom. The van der Waals surface area contributed by atoms with Gasteiger partial charge < -0.3 is 10.5 Å². The summed E-state index contributed by atoms with van der Waals surface area (Å²) >= 11 is 0. The van der Waals surface area contributed by atoms with Crippen LogP contribution in [0.4, 0.5) is 5.69 Å². The van der Waals surface area contributed by atoms with E-state index in [1.54, 1.807) is 0 Å². The molecule has 1 rings (SSSR count). The molecule has 0 fully saturated rings. The Bertz CT molecular complexity index is 377. The maximum Gasteiger partial charge on any atom is 0.0618 e. The molecule has 1 unspecified atom stereocenters. The monoisotopic (exact) mass is 241 g/mol. The number of anilines is 1. The van der Waals surface area contributed by atoms with Crippen molar-refractivity contribution in [2.75, 3.05) is 18.1 Å². The van der Waals surface area contributed by atoms with Crippen molar-refractivity contribution >= 4 is 16.5 Å². The molecule has 1 atom stereocenters. The van der Waals surface area contributed by atoms with E-state index < -0.39 is 10.8 Å². The molecule has 4 heteroatoms. The molecule has 0 saturated heterocycles. The largest absolute Gasteiger partial charge is 0.398 e. The van der Waals surface area contributed by atoms with Crippen molar-refractivity contribution in [3.63, 3.8) is 0 Å². The summed E-state index contributed by atoms with van der Waals surface area (Å²) < 4.78 is 17.3. The number of nitrogens with two attached hydrogens (primary N) is 1. The normalized spacial score (nSPS) is 13.0. The number of benzene rings is 1. The molecule has 0 radical (unpaired) electrons. The van der Waals surface area contributed by atoms with E-state index in [0.717, 1.165) is 5.56 Å². The fourth-order valence-corrected chi connectivity index (χ4v) is 2.35. The van der Waals surface area contributed by atoms with E-state index in [0.29, 0.717) is 22.9 Å². The van der Waals surface area contributed by atoms with Crippen LogP contribution >= 0.6 is 0 Å². The van der Waals surface area contributed by atoms with Crippen molar-refractivity contribution in [2.24, 2.45) is 0 Å². The predicted octanol–water partition coefficient (Wildman–Crippen LogP) is 2.11. The minimum Gasteiger partial charge on any atom is -0.398 e. The van der Waals surface area contributed by atoms with Crippen LogP contribution < -0.4 is 5.73 Å². The molecule has 1 aromatic carbocycles. The van der Waals surface area contributed by atoms with Gasteiger partial charge in [0.15, 0.2) is 0 Å². The fraction of sp³-hybridized carbons (Fsp3) is 0.500. The first-order chi connectivity index (χ1) is 7.50. The quantitative estimate of drug-likeness (QED) is 0.803. The van der Waals surface area contributed by atoms with Crippen molar-refractivity contribution in [2.45, 2.75) is 31.8 Å². The second kappa shape index (κ2) is 6.01. The Balaban J connectivity index is 2.59. The van der Waals surface area contributed by atoms with E-state index in [1.165, 1.54) is 0 Å². The van der Waals surface area contributed by atoms with E-state index in [1.807, 2.05) is 39.0 Å². The van der Waals surface area contributed by atoms with Crippen LogP contribution in [0.25, 0.3) is 0 Å². The Morgan fingerprint density at radius 3 is 2.69 bits per heavy atom. The zero-order valence-electron chi connectivity index (χ0n) is 10.0. The summed E-state index contributed by atoms with van der Waals surface area (Å²) in [5.74, 6) is 0.492. The molecular formula is C12H19NO2S. The zero-order valence-corrected chi connectivity index (χ0v) is 10.8. The van der Waals surface area contributed by atoms with Gasteiger partial charge in [0, 0.05) is 5.69 Å². The van der Waals surface area contributed by atoms with Gasteiger partial charge in [-0.2, -0.15) is 0 Å². The maximum atomic E-state index is 11.9. The Hall–Kier alpha value is -0.870. The zero-order chi connectivity index (χ0) is 12.1. The summed E-state index contributed by atoms with van der Waals surface area (Å²) in [6, 6.07) is 5.60. The summed E-state index contributed by atoms with van der Waals surface area (Å²) in [7, 11) is -1.07. The minimum absolute atomic E-state index is 0.173. The molecule has 2 N–H and O–H groups in total. The van der Waals surface area contributed by atoms with Crippen molar-refractivity contribution in [3.05, 3.63) is 23.8 Å². The third-order valence-corrected chi connectivity index (χ3v) is 3.53. The molecule has 0 aromatic heterocycles. The molecule has 0 saturated carbocycles. The van der Waals surface area contributed by atoms with E-state index in [-0.39, 0.29) is 6.10 Å². The lowest BCUT2D eigenvalue weighted by atomic mass is 10.2. The minimum atomic E-state index is -1.07. The van der Waals surface area contributed by atoms with Crippen LogP contribution in [0.2, 0.25) is 0 Å². The van der Waals surface area contributed by atoms with E-state index in [9.17, 15) is 4.21 Å². The van der Waals surface area contributed by atoms with Gasteiger partial charge in [0.1, 0.15) is 0 Å². The molecule has 3 nitrogen and oxygen atoms in total. The van der Waals surface area contributed by atoms with Crippen molar-refractivity contribution < 1.29 is 8.95 Å². The van der Waals surface area contributed by atoms with Crippen LogP contribution in [0.1, 0.15) is 19.4 Å². The summed E-state index contributed by atoms with van der Waals surface area (Å²) in [5, 5.41) is 0. The molecule has 0 bridgehead atoms. The first-order valence-electron chi connectivity index (χ1n) is 5.37. The summed E-state index contributed by atoms with van der Waals surface area (Å²) in [6.45, 7) is 6.38. The van der Waals surface area contributed by atoms with Crippen LogP contribution in [0.15, 0.2) is 23.1 Å². The van der Waals surface area contributed by atoms with E-state index in [2.05, 4.69) is 0 Å². The van der Waals surface area contributed by atoms with Crippen molar-refractivity contribution in [3.8, 4) is 0 Å². The molecule has 16 heavy (non-hydrogen) atoms. The van der Waals surface area contributed by atoms with E-state index in [4.69, 9.17) is 10.5 Å². The molecular weight excluding hydrogens is 222 g/mol. The van der Waals surface area contributed by atoms with Gasteiger partial charge in [-0.15, -0.1) is 0 Å². The first kappa shape index (κ1) is 13.2. The van der Waals surface area contributed by atoms with Crippen LogP contribution in [-0.2, 0) is 15.5 Å². The smallest absolute Gasteiger partial charge is 0.0618 e. The van der Waals surface area contributed by atoms with Gasteiger partial charge in [-0.3, -0.25) is 4.21 Å². The average molecular weight is 241 g/mol. The number of hydrogen-bond acceptors (Lipinski definition) is 3. The third-order valence-electron chi connectivity index (χ3n) is 2.13. The van der Waals surface area contributed by atoms with Gasteiger partial charge in [0.05, 0.1) is 34.2 Å². The van der Waals surface area contributed by atoms with Gasteiger partial charge in [0.2, 0.25) is 0 Å². The molecule has 0 aliphatic rings. The van der Waals surface area contributed by atoms with Gasteiger partial charge in [0.25, 0.3) is 0 Å². The van der Waals surface area contributed by atoms with Gasteiger partial charge in [-0.05, 0) is 38.5 Å². The molecule has 0 aliphatic carbocycles. The molecule has 0 amide bonds. The van der Waals surface area contributed by atoms with Crippen LogP contribution in [0.5, 0.6) is 0 Å². The molecule has 0 heterocycles. The number of hydrogen-bond donors (Lipinski definition) is 1. The average Bonchev–Trinajstić information content (AvgIpc) is 2.16. The van der Waals surface area contributed by atoms with Crippen molar-refractivity contribution in [1.82, 2.24) is 0 Å². The van der Waals surface area contributed by atoms with Crippen LogP contribution in [0, 0.1) is 6.92 Å². The lowest BCUT2D eigenvalue weighted by Crippen LogP contribution is -2.11. The molecule has 1 aromatic rings. The van der Waals surface area contributed by atoms with Gasteiger partial charge in [-0.1, -0.05) is 6.07 Å². The van der Waals surface area contributed by atoms with Crippen molar-refractivity contribution in [1.29, 1.82) is 0 Å². The Kier molecular flexibility index (Phi) is 4.96. The standard InChI is InChI=1S/C12H19NO2S/c1-9(2)15-6-7-16(14)12-5-4-10(3)8-11(12)13/h4-5,8-9H,6-7,13H2,1-3H3. The number of rotatable bonds is 5. The second-order valence-electron chi connectivity index (χ2n) is 4.01. The SMILES string of the molecule is Cc1ccc(S(=O)CCOC(C)C)c(N)c1. The second-order valence-corrected chi connectivity index (χ2v) is 5.55. The summed E-state index contributed by atoms with van der Waals surface area (Å²) in [4.78, 5) is 0.706. The Morgan fingerprint density at radius 1 is 1.44 bits per heavy atom. The molecule has 0 spiro atoms. The van der Waals surface area contributed by atoms with Gasteiger partial charge in [-0.25, -0.2) is 0 Å². The highest BCUT2D eigenvalue weighted by molar-refractivity contribution is 7.85. The fourth-order valence-electron chi connectivity index (χ4n) is 1.34. The number of aryl methyl sites for hydroxylation is 1. The lowest BCUT2D eigenvalue weighted by molar-refractivity contribution is 0.0916. The summed E-state index contributed by atoms with van der Waals surface area (Å²) in [5.41, 5.74) is 7.50. The van der Waals surface area contributed by atoms with Gasteiger partial charge >= 0.3 is 0 Å². The maximum absolute atomic E-state index is 11.9. The molecule has 90 valence electrons. The summed E-state index contributed by atoms with van der Waals surface area (Å²) in [6.07, 6.45) is 0.173. The van der Waals surface area contributed by atoms with E-state index >= 15 is 0 Å². The van der Waals surface area contributed by atoms with Crippen LogP contribution in [0.3, 0.4) is 0 Å². The highest BCUT2D eigenvalue weighted by atomic mass is 32.2. The topological polar surface area (TPSA) is 52.3 Å².